The molecule has 3 aromatic carbocycles. The van der Waals surface area contributed by atoms with Gasteiger partial charge in [0, 0.05) is 40.5 Å². The molecule has 1 N–H and O–H groups in total. The fourth-order valence-corrected chi connectivity index (χ4v) is 5.91. The first-order valence-electron chi connectivity index (χ1n) is 14.8. The zero-order chi connectivity index (χ0) is 30.3. The number of hydrogen-bond acceptors (Lipinski definition) is 4. The minimum atomic E-state index is -0.0207. The maximum atomic E-state index is 10.6. The van der Waals surface area contributed by atoms with Gasteiger partial charge in [0.25, 0.3) is 0 Å². The fraction of sp³-hybridized carbons (Fsp3) is 0.103. The van der Waals surface area contributed by atoms with Crippen molar-refractivity contribution in [3.63, 3.8) is 0 Å². The number of hydrogen-bond donors (Lipinski definition) is 1. The minimum Gasteiger partial charge on any atom is -0.508 e. The van der Waals surface area contributed by atoms with E-state index in [0.717, 1.165) is 61.3 Å². The van der Waals surface area contributed by atoms with Gasteiger partial charge in [-0.25, -0.2) is 4.98 Å². The molecule has 0 amide bonds. The van der Waals surface area contributed by atoms with Crippen LogP contribution >= 0.6 is 0 Å². The average molecular weight is 573 g/mol. The number of phenols is 1. The summed E-state index contributed by atoms with van der Waals surface area (Å²) in [5.41, 5.74) is 8.58. The highest BCUT2D eigenvalue weighted by Gasteiger charge is 2.22. The molecule has 0 aliphatic carbocycles. The predicted molar refractivity (Wildman–Crippen MR) is 179 cm³/mol. The number of pyridine rings is 3. The second kappa shape index (κ2) is 10.9. The number of benzene rings is 3. The Bertz CT molecular complexity index is 2120. The molecule has 0 saturated heterocycles. The molecular weight excluding hydrogens is 540 g/mol. The van der Waals surface area contributed by atoms with Crippen molar-refractivity contribution in [2.45, 2.75) is 26.2 Å². The van der Waals surface area contributed by atoms with Crippen LogP contribution in [0.1, 0.15) is 48.8 Å². The van der Waals surface area contributed by atoms with E-state index < -0.39 is 0 Å². The zero-order valence-corrected chi connectivity index (χ0v) is 24.9. The van der Waals surface area contributed by atoms with Crippen LogP contribution in [-0.2, 0) is 5.41 Å². The molecule has 0 fully saturated rings. The Morgan fingerprint density at radius 3 is 1.93 bits per heavy atom. The van der Waals surface area contributed by atoms with Crippen LogP contribution in [0, 0.1) is 0 Å². The first-order chi connectivity index (χ1) is 21.4. The van der Waals surface area contributed by atoms with E-state index in [9.17, 15) is 5.11 Å². The van der Waals surface area contributed by atoms with Crippen LogP contribution < -0.4 is 0 Å². The third-order valence-electron chi connectivity index (χ3n) is 8.03. The molecule has 4 aromatic heterocycles. The van der Waals surface area contributed by atoms with Crippen molar-refractivity contribution >= 4 is 33.0 Å². The Morgan fingerprint density at radius 1 is 0.568 bits per heavy atom. The molecule has 0 saturated carbocycles. The van der Waals surface area contributed by atoms with Crippen LogP contribution in [0.25, 0.3) is 38.8 Å². The van der Waals surface area contributed by atoms with Gasteiger partial charge in [0.15, 0.2) is 0 Å². The quantitative estimate of drug-likeness (QED) is 0.224. The van der Waals surface area contributed by atoms with Gasteiger partial charge in [0.05, 0.1) is 22.4 Å². The maximum absolute atomic E-state index is 10.6. The van der Waals surface area contributed by atoms with Crippen LogP contribution in [0.3, 0.4) is 0 Å². The molecular formula is C39H32N4O. The van der Waals surface area contributed by atoms with Crippen molar-refractivity contribution in [3.05, 3.63) is 162 Å². The monoisotopic (exact) mass is 572 g/mol. The van der Waals surface area contributed by atoms with Gasteiger partial charge in [0.1, 0.15) is 11.6 Å². The summed E-state index contributed by atoms with van der Waals surface area (Å²) in [5, 5.41) is 12.9. The van der Waals surface area contributed by atoms with Crippen molar-refractivity contribution in [1.82, 2.24) is 19.5 Å². The Morgan fingerprint density at radius 2 is 1.25 bits per heavy atom. The summed E-state index contributed by atoms with van der Waals surface area (Å²) in [4.78, 5) is 14.4. The minimum absolute atomic E-state index is 0.0207. The fourth-order valence-electron chi connectivity index (χ4n) is 5.91. The largest absolute Gasteiger partial charge is 0.508 e. The molecule has 214 valence electrons. The highest BCUT2D eigenvalue weighted by atomic mass is 16.3. The molecule has 7 rings (SSSR count). The van der Waals surface area contributed by atoms with Crippen LogP contribution in [0.4, 0.5) is 0 Å². The molecule has 0 atom stereocenters. The normalized spacial score (nSPS) is 11.6. The molecule has 0 radical (unpaired) electrons. The molecule has 5 heteroatoms. The van der Waals surface area contributed by atoms with Crippen molar-refractivity contribution in [3.8, 4) is 11.6 Å². The number of para-hydroxylation sites is 1. The van der Waals surface area contributed by atoms with Crippen LogP contribution in [0.15, 0.2) is 134 Å². The topological polar surface area (TPSA) is 63.8 Å². The molecule has 0 aliphatic heterocycles. The number of rotatable bonds is 5. The summed E-state index contributed by atoms with van der Waals surface area (Å²) in [6, 6.07) is 38.5. The van der Waals surface area contributed by atoms with Crippen LogP contribution in [0.2, 0.25) is 0 Å². The number of phenolic OH excluding ortho intramolecular Hbond substituents is 1. The lowest BCUT2D eigenvalue weighted by atomic mass is 9.88. The number of nitrogens with zero attached hydrogens (tertiary/aromatic N) is 4. The van der Waals surface area contributed by atoms with Gasteiger partial charge in [0.2, 0.25) is 0 Å². The standard InChI is InChI=1S/C39H32N4O/c1-39(2,3)28-19-22-42-36(25-28)43-34-16-5-4-13-30(34)31-18-17-27(24-35(31)43)37(26-11-10-12-29(44)23-26)38(32-14-6-8-20-40-32)33-15-7-9-21-41-33/h4-25,44H,1-3H3. The van der Waals surface area contributed by atoms with Crippen molar-refractivity contribution in [2.24, 2.45) is 0 Å². The smallest absolute Gasteiger partial charge is 0.137 e. The summed E-state index contributed by atoms with van der Waals surface area (Å²) >= 11 is 0. The summed E-state index contributed by atoms with van der Waals surface area (Å²) in [7, 11) is 0. The van der Waals surface area contributed by atoms with E-state index in [4.69, 9.17) is 15.0 Å². The first-order valence-corrected chi connectivity index (χ1v) is 14.8. The number of aromatic nitrogens is 4. The third kappa shape index (κ3) is 4.92. The summed E-state index contributed by atoms with van der Waals surface area (Å²) in [6.07, 6.45) is 5.50. The predicted octanol–water partition coefficient (Wildman–Crippen LogP) is 8.98. The van der Waals surface area contributed by atoms with E-state index in [1.807, 2.05) is 54.7 Å². The molecule has 5 nitrogen and oxygen atoms in total. The summed E-state index contributed by atoms with van der Waals surface area (Å²) in [5.74, 6) is 1.07. The molecule has 7 aromatic rings. The highest BCUT2D eigenvalue weighted by Crippen LogP contribution is 2.40. The summed E-state index contributed by atoms with van der Waals surface area (Å²) < 4.78 is 2.25. The van der Waals surface area contributed by atoms with E-state index >= 15 is 0 Å². The Hall–Kier alpha value is -5.55. The Balaban J connectivity index is 1.59. The Kier molecular flexibility index (Phi) is 6.78. The maximum Gasteiger partial charge on any atom is 0.137 e. The van der Waals surface area contributed by atoms with Gasteiger partial charge in [-0.3, -0.25) is 14.5 Å². The second-order valence-corrected chi connectivity index (χ2v) is 12.0. The van der Waals surface area contributed by atoms with E-state index in [1.54, 1.807) is 24.5 Å². The molecule has 44 heavy (non-hydrogen) atoms. The van der Waals surface area contributed by atoms with E-state index in [-0.39, 0.29) is 11.2 Å². The SMILES string of the molecule is CC(C)(C)c1ccnc(-n2c3ccccc3c3ccc(C(=C(c4ccccn4)c4ccccn4)c4cccc(O)c4)cc32)c1. The summed E-state index contributed by atoms with van der Waals surface area (Å²) in [6.45, 7) is 6.66. The van der Waals surface area contributed by atoms with Gasteiger partial charge in [-0.15, -0.1) is 0 Å². The van der Waals surface area contributed by atoms with Crippen molar-refractivity contribution in [2.75, 3.05) is 0 Å². The average Bonchev–Trinajstić information content (AvgIpc) is 3.37. The number of fused-ring (bicyclic) bond motifs is 3. The molecule has 0 aliphatic rings. The van der Waals surface area contributed by atoms with Crippen molar-refractivity contribution in [1.29, 1.82) is 0 Å². The lowest BCUT2D eigenvalue weighted by Gasteiger charge is -2.20. The lowest BCUT2D eigenvalue weighted by Crippen LogP contribution is -2.12. The lowest BCUT2D eigenvalue weighted by molar-refractivity contribution is 0.475. The van der Waals surface area contributed by atoms with Gasteiger partial charge in [-0.2, -0.15) is 0 Å². The molecule has 0 bridgehead atoms. The molecule has 4 heterocycles. The van der Waals surface area contributed by atoms with Crippen molar-refractivity contribution < 1.29 is 5.11 Å². The highest BCUT2D eigenvalue weighted by molar-refractivity contribution is 6.11. The first kappa shape index (κ1) is 27.3. The zero-order valence-electron chi connectivity index (χ0n) is 24.9. The second-order valence-electron chi connectivity index (χ2n) is 12.0. The van der Waals surface area contributed by atoms with E-state index in [0.29, 0.717) is 0 Å². The van der Waals surface area contributed by atoms with Crippen LogP contribution in [-0.4, -0.2) is 24.6 Å². The molecule has 0 spiro atoms. The molecule has 0 unspecified atom stereocenters. The Labute approximate surface area is 256 Å². The van der Waals surface area contributed by atoms with Gasteiger partial charge >= 0.3 is 0 Å². The van der Waals surface area contributed by atoms with Gasteiger partial charge in [-0.05, 0) is 82.8 Å². The van der Waals surface area contributed by atoms with Gasteiger partial charge < -0.3 is 5.11 Å². The van der Waals surface area contributed by atoms with Crippen LogP contribution in [0.5, 0.6) is 5.75 Å². The van der Waals surface area contributed by atoms with E-state index in [2.05, 4.69) is 79.9 Å². The number of aromatic hydroxyl groups is 1. The third-order valence-corrected chi connectivity index (χ3v) is 8.03. The van der Waals surface area contributed by atoms with Gasteiger partial charge in [-0.1, -0.05) is 75.4 Å². The van der Waals surface area contributed by atoms with E-state index in [1.165, 1.54) is 5.56 Å².